The van der Waals surface area contributed by atoms with Crippen LogP contribution in [0.4, 0.5) is 0 Å². The van der Waals surface area contributed by atoms with E-state index in [4.69, 9.17) is 0 Å². The third-order valence-electron chi connectivity index (χ3n) is 11.8. The van der Waals surface area contributed by atoms with E-state index >= 15 is 0 Å². The third-order valence-corrected chi connectivity index (χ3v) is 12.9. The van der Waals surface area contributed by atoms with Crippen molar-refractivity contribution in [3.05, 3.63) is 132 Å². The number of hydrogen-bond donors (Lipinski definition) is 0. The van der Waals surface area contributed by atoms with Crippen LogP contribution in [0.1, 0.15) is 48.6 Å². The van der Waals surface area contributed by atoms with Gasteiger partial charge >= 0.3 is 0 Å². The van der Waals surface area contributed by atoms with E-state index in [0.29, 0.717) is 0 Å². The molecule has 4 unspecified atom stereocenters. The molecule has 2 saturated carbocycles. The molecular weight excluding hydrogens is 561 g/mol. The van der Waals surface area contributed by atoms with E-state index in [-0.39, 0.29) is 0 Å². The summed E-state index contributed by atoms with van der Waals surface area (Å²) in [6, 6.07) is 46.4. The van der Waals surface area contributed by atoms with Crippen LogP contribution in [0.25, 0.3) is 74.7 Å². The Bertz CT molecular complexity index is 2530. The van der Waals surface area contributed by atoms with Crippen LogP contribution < -0.4 is 0 Å². The van der Waals surface area contributed by atoms with Gasteiger partial charge in [-0.05, 0) is 151 Å². The number of fused-ring (bicyclic) bond motifs is 14. The van der Waals surface area contributed by atoms with E-state index in [1.54, 1.807) is 11.1 Å². The first-order valence-electron chi connectivity index (χ1n) is 16.7. The molecule has 3 bridgehead atoms. The summed E-state index contributed by atoms with van der Waals surface area (Å²) >= 11 is 1.89. The van der Waals surface area contributed by atoms with Crippen LogP contribution in [0.5, 0.6) is 0 Å². The van der Waals surface area contributed by atoms with E-state index in [1.165, 1.54) is 100 Å². The largest absolute Gasteiger partial charge is 0.135 e. The highest BCUT2D eigenvalue weighted by atomic mass is 32.1. The molecular formula is C44H32S. The molecule has 4 atom stereocenters. The quantitative estimate of drug-likeness (QED) is 0.175. The maximum absolute atomic E-state index is 2.64. The van der Waals surface area contributed by atoms with E-state index in [9.17, 15) is 0 Å². The van der Waals surface area contributed by atoms with Crippen molar-refractivity contribution in [1.29, 1.82) is 0 Å². The van der Waals surface area contributed by atoms with Crippen molar-refractivity contribution in [3.8, 4) is 22.3 Å². The van der Waals surface area contributed by atoms with E-state index in [1.807, 2.05) is 11.3 Å². The second-order valence-corrected chi connectivity index (χ2v) is 15.1. The Morgan fingerprint density at radius 1 is 0.444 bits per heavy atom. The number of benzene rings is 7. The van der Waals surface area contributed by atoms with Gasteiger partial charge in [0, 0.05) is 20.2 Å². The highest BCUT2D eigenvalue weighted by molar-refractivity contribution is 7.25. The van der Waals surface area contributed by atoms with Crippen LogP contribution in [0, 0.1) is 11.8 Å². The summed E-state index contributed by atoms with van der Waals surface area (Å²) in [5.74, 6) is 3.42. The molecule has 0 spiro atoms. The van der Waals surface area contributed by atoms with Crippen molar-refractivity contribution in [2.75, 3.05) is 0 Å². The van der Waals surface area contributed by atoms with Gasteiger partial charge in [0.25, 0.3) is 0 Å². The zero-order chi connectivity index (χ0) is 29.2. The minimum Gasteiger partial charge on any atom is -0.135 e. The standard InChI is InChI=1S/C44H32S/c1-2-10-33-32(9-1)38-22-27(15-16-34(38)40-24-41-36-19-25-17-29(36)21-30(18-25)37(41)23-39(33)40)26-7-5-8-28(20-26)31-12-6-14-43-44(31)35-11-3-4-13-42(35)45-43/h1-16,20,22-25,29-30,36H,17-19,21H2. The van der Waals surface area contributed by atoms with Crippen LogP contribution >= 0.6 is 11.3 Å². The molecule has 0 aliphatic heterocycles. The Kier molecular flexibility index (Phi) is 4.99. The lowest BCUT2D eigenvalue weighted by Crippen LogP contribution is -2.22. The fourth-order valence-corrected chi connectivity index (χ4v) is 11.1. The SMILES string of the molecule is c1cc(-c2ccc3c(c2)c2ccccc2c2cc4c(cc32)C2CC3CC4CC2C3)cc(-c2cccc3sc4ccccc4c23)c1. The molecule has 7 aromatic carbocycles. The fourth-order valence-electron chi connectivity index (χ4n) is 9.96. The highest BCUT2D eigenvalue weighted by Crippen LogP contribution is 2.61. The minimum atomic E-state index is 0.772. The van der Waals surface area contributed by atoms with Crippen LogP contribution in [0.2, 0.25) is 0 Å². The number of thiophene rings is 1. The topological polar surface area (TPSA) is 0 Å². The van der Waals surface area contributed by atoms with Crippen LogP contribution in [-0.4, -0.2) is 0 Å². The zero-order valence-electron chi connectivity index (χ0n) is 25.1. The van der Waals surface area contributed by atoms with E-state index in [2.05, 4.69) is 121 Å². The zero-order valence-corrected chi connectivity index (χ0v) is 25.9. The lowest BCUT2D eigenvalue weighted by molar-refractivity contribution is 0.297. The molecule has 0 amide bonds. The van der Waals surface area contributed by atoms with Gasteiger partial charge in [-0.25, -0.2) is 0 Å². The average Bonchev–Trinajstić information content (AvgIpc) is 3.59. The van der Waals surface area contributed by atoms with Crippen LogP contribution in [0.15, 0.2) is 121 Å². The second-order valence-electron chi connectivity index (χ2n) is 14.1. The highest BCUT2D eigenvalue weighted by Gasteiger charge is 2.47. The molecule has 1 heterocycles. The molecule has 0 N–H and O–H groups in total. The smallest absolute Gasteiger partial charge is 0.0361 e. The Morgan fingerprint density at radius 2 is 1.13 bits per heavy atom. The van der Waals surface area contributed by atoms with Gasteiger partial charge in [0.05, 0.1) is 0 Å². The molecule has 11 rings (SSSR count). The summed E-state index contributed by atoms with van der Waals surface area (Å²) in [5, 5.41) is 11.2. The molecule has 0 saturated heterocycles. The first-order valence-corrected chi connectivity index (χ1v) is 17.5. The Hall–Kier alpha value is -4.46. The van der Waals surface area contributed by atoms with Crippen molar-refractivity contribution >= 4 is 63.8 Å². The Balaban J connectivity index is 1.11. The second kappa shape index (κ2) is 9.05. The van der Waals surface area contributed by atoms with E-state index in [0.717, 1.165) is 23.7 Å². The molecule has 8 aromatic rings. The van der Waals surface area contributed by atoms with Gasteiger partial charge in [0.2, 0.25) is 0 Å². The summed E-state index contributed by atoms with van der Waals surface area (Å²) in [6.45, 7) is 0. The van der Waals surface area contributed by atoms with Gasteiger partial charge in [-0.15, -0.1) is 11.3 Å². The Morgan fingerprint density at radius 3 is 2.02 bits per heavy atom. The molecule has 2 fully saturated rings. The molecule has 0 radical (unpaired) electrons. The van der Waals surface area contributed by atoms with Gasteiger partial charge in [-0.1, -0.05) is 84.9 Å². The van der Waals surface area contributed by atoms with Crippen molar-refractivity contribution < 1.29 is 0 Å². The maximum atomic E-state index is 2.64. The molecule has 214 valence electrons. The molecule has 0 nitrogen and oxygen atoms in total. The van der Waals surface area contributed by atoms with Crippen molar-refractivity contribution in [2.45, 2.75) is 37.5 Å². The molecule has 3 aliphatic carbocycles. The van der Waals surface area contributed by atoms with Gasteiger partial charge in [-0.3, -0.25) is 0 Å². The first kappa shape index (κ1) is 24.8. The van der Waals surface area contributed by atoms with Crippen molar-refractivity contribution in [2.24, 2.45) is 11.8 Å². The summed E-state index contributed by atoms with van der Waals surface area (Å²) in [4.78, 5) is 0. The molecule has 1 heteroatoms. The van der Waals surface area contributed by atoms with Gasteiger partial charge in [-0.2, -0.15) is 0 Å². The molecule has 45 heavy (non-hydrogen) atoms. The van der Waals surface area contributed by atoms with Crippen LogP contribution in [0.3, 0.4) is 0 Å². The summed E-state index contributed by atoms with van der Waals surface area (Å²) in [5.41, 5.74) is 8.52. The Labute approximate surface area is 266 Å². The number of hydrogen-bond acceptors (Lipinski definition) is 1. The predicted molar refractivity (Wildman–Crippen MR) is 194 cm³/mol. The van der Waals surface area contributed by atoms with E-state index < -0.39 is 0 Å². The van der Waals surface area contributed by atoms with Crippen molar-refractivity contribution in [1.82, 2.24) is 0 Å². The lowest BCUT2D eigenvalue weighted by Gasteiger charge is -2.36. The minimum absolute atomic E-state index is 0.772. The summed E-state index contributed by atoms with van der Waals surface area (Å²) < 4.78 is 2.71. The van der Waals surface area contributed by atoms with Gasteiger partial charge in [0.15, 0.2) is 0 Å². The van der Waals surface area contributed by atoms with Gasteiger partial charge < -0.3 is 0 Å². The first-order chi connectivity index (χ1) is 22.3. The predicted octanol–water partition coefficient (Wildman–Crippen LogP) is 12.8. The molecule has 3 aliphatic rings. The summed E-state index contributed by atoms with van der Waals surface area (Å²) in [7, 11) is 0. The lowest BCUT2D eigenvalue weighted by atomic mass is 9.68. The maximum Gasteiger partial charge on any atom is 0.0361 e. The monoisotopic (exact) mass is 592 g/mol. The summed E-state index contributed by atoms with van der Waals surface area (Å²) in [6.07, 6.45) is 5.72. The normalized spacial score (nSPS) is 21.9. The fraction of sp³-hybridized carbons (Fsp3) is 0.182. The van der Waals surface area contributed by atoms with Gasteiger partial charge in [0.1, 0.15) is 0 Å². The molecule has 1 aromatic heterocycles. The van der Waals surface area contributed by atoms with Crippen LogP contribution in [-0.2, 0) is 0 Å². The number of rotatable bonds is 2. The third kappa shape index (κ3) is 3.48. The average molecular weight is 593 g/mol. The van der Waals surface area contributed by atoms with Crippen molar-refractivity contribution in [3.63, 3.8) is 0 Å².